The number of rotatable bonds is 11. The molecule has 6 rings (SSSR count). The van der Waals surface area contributed by atoms with E-state index in [1.807, 2.05) is 53.3 Å². The van der Waals surface area contributed by atoms with E-state index < -0.39 is 0 Å². The molecule has 0 spiro atoms. The summed E-state index contributed by atoms with van der Waals surface area (Å²) in [5, 5.41) is 13.5. The van der Waals surface area contributed by atoms with E-state index in [4.69, 9.17) is 4.42 Å². The summed E-state index contributed by atoms with van der Waals surface area (Å²) in [6, 6.07) is 23.0. The molecule has 0 radical (unpaired) electrons. The Kier molecular flexibility index (Phi) is 7.98. The van der Waals surface area contributed by atoms with Gasteiger partial charge in [-0.05, 0) is 85.4 Å². The highest BCUT2D eigenvalue weighted by Gasteiger charge is 2.16. The molecule has 208 valence electrons. The van der Waals surface area contributed by atoms with Crippen LogP contribution in [0.1, 0.15) is 30.7 Å². The van der Waals surface area contributed by atoms with Gasteiger partial charge in [-0.3, -0.25) is 4.68 Å². The number of anilines is 2. The number of thioether (sulfide) groups is 1. The third-order valence-corrected chi connectivity index (χ3v) is 7.66. The summed E-state index contributed by atoms with van der Waals surface area (Å²) in [4.78, 5) is 9.03. The Hall–Kier alpha value is -4.21. The van der Waals surface area contributed by atoms with Crippen molar-refractivity contribution in [1.29, 1.82) is 0 Å². The molecule has 0 aliphatic carbocycles. The Morgan fingerprint density at radius 1 is 1.02 bits per heavy atom. The largest absolute Gasteiger partial charge is 0.459 e. The molecule has 0 bridgehead atoms. The third-order valence-electron chi connectivity index (χ3n) is 6.99. The van der Waals surface area contributed by atoms with Crippen molar-refractivity contribution in [1.82, 2.24) is 25.1 Å². The number of halogens is 1. The van der Waals surface area contributed by atoms with Crippen LogP contribution in [0.3, 0.4) is 0 Å². The van der Waals surface area contributed by atoms with Crippen LogP contribution in [-0.4, -0.2) is 38.3 Å². The fourth-order valence-corrected chi connectivity index (χ4v) is 5.58. The number of furan rings is 1. The lowest BCUT2D eigenvalue weighted by molar-refractivity contribution is 0.443. The first-order chi connectivity index (χ1) is 20.1. The topological polar surface area (TPSA) is 80.8 Å². The number of nitrogens with zero attached hydrogens (tertiary/aromatic N) is 4. The molecule has 0 amide bonds. The number of aromatic nitrogens is 4. The van der Waals surface area contributed by atoms with Crippen LogP contribution < -0.4 is 10.6 Å². The van der Waals surface area contributed by atoms with Crippen LogP contribution in [0.4, 0.5) is 15.9 Å². The van der Waals surface area contributed by atoms with Gasteiger partial charge in [-0.15, -0.1) is 0 Å². The summed E-state index contributed by atoms with van der Waals surface area (Å²) in [6.45, 7) is 3.61. The van der Waals surface area contributed by atoms with Gasteiger partial charge in [0.2, 0.25) is 0 Å². The van der Waals surface area contributed by atoms with Crippen LogP contribution in [0.2, 0.25) is 0 Å². The van der Waals surface area contributed by atoms with Crippen molar-refractivity contribution in [2.45, 2.75) is 25.9 Å². The minimum Gasteiger partial charge on any atom is -0.459 e. The first-order valence-electron chi connectivity index (χ1n) is 13.7. The highest BCUT2D eigenvalue weighted by molar-refractivity contribution is 7.98. The second-order valence-corrected chi connectivity index (χ2v) is 10.9. The smallest absolute Gasteiger partial charge is 0.141 e. The number of fused-ring (bicyclic) bond motifs is 2. The van der Waals surface area contributed by atoms with E-state index >= 15 is 0 Å². The molecule has 2 N–H and O–H groups in total. The summed E-state index contributed by atoms with van der Waals surface area (Å²) in [7, 11) is 0. The molecule has 0 aliphatic rings. The van der Waals surface area contributed by atoms with Crippen LogP contribution >= 0.6 is 11.8 Å². The number of hydrogen-bond donors (Lipinski definition) is 2. The monoisotopic (exact) mass is 566 g/mol. The van der Waals surface area contributed by atoms with Gasteiger partial charge in [0.1, 0.15) is 29.5 Å². The van der Waals surface area contributed by atoms with E-state index in [1.165, 1.54) is 12.1 Å². The molecule has 6 aromatic rings. The normalized spacial score (nSPS) is 12.3. The van der Waals surface area contributed by atoms with E-state index in [2.05, 4.69) is 51.0 Å². The van der Waals surface area contributed by atoms with Gasteiger partial charge in [0.25, 0.3) is 0 Å². The summed E-state index contributed by atoms with van der Waals surface area (Å²) >= 11 is 1.80. The average Bonchev–Trinajstić information content (AvgIpc) is 3.63. The van der Waals surface area contributed by atoms with Gasteiger partial charge in [-0.1, -0.05) is 19.1 Å². The maximum absolute atomic E-state index is 13.6. The van der Waals surface area contributed by atoms with Crippen molar-refractivity contribution < 1.29 is 8.81 Å². The molecule has 0 fully saturated rings. The molecular weight excluding hydrogens is 535 g/mol. The average molecular weight is 567 g/mol. The predicted octanol–water partition coefficient (Wildman–Crippen LogP) is 7.57. The second-order valence-electron chi connectivity index (χ2n) is 9.95. The summed E-state index contributed by atoms with van der Waals surface area (Å²) in [5.74, 6) is 3.16. The lowest BCUT2D eigenvalue weighted by atomic mass is 10.1. The highest BCUT2D eigenvalue weighted by Crippen LogP contribution is 2.32. The molecule has 0 saturated heterocycles. The highest BCUT2D eigenvalue weighted by atomic mass is 32.2. The Morgan fingerprint density at radius 3 is 2.80 bits per heavy atom. The van der Waals surface area contributed by atoms with E-state index in [0.717, 1.165) is 68.9 Å². The minimum atomic E-state index is -0.248. The number of hydrogen-bond acceptors (Lipinski definition) is 7. The lowest BCUT2D eigenvalue weighted by Crippen LogP contribution is -2.23. The third kappa shape index (κ3) is 5.96. The molecule has 7 nitrogen and oxygen atoms in total. The zero-order valence-electron chi connectivity index (χ0n) is 23.0. The van der Waals surface area contributed by atoms with Crippen molar-refractivity contribution >= 4 is 45.1 Å². The maximum Gasteiger partial charge on any atom is 0.141 e. The van der Waals surface area contributed by atoms with E-state index in [1.54, 1.807) is 24.2 Å². The molecule has 0 saturated carbocycles. The minimum absolute atomic E-state index is 0.174. The summed E-state index contributed by atoms with van der Waals surface area (Å²) < 4.78 is 21.8. The van der Waals surface area contributed by atoms with Gasteiger partial charge in [-0.25, -0.2) is 14.4 Å². The Labute approximate surface area is 242 Å². The van der Waals surface area contributed by atoms with Gasteiger partial charge >= 0.3 is 0 Å². The molecule has 0 unspecified atom stereocenters. The van der Waals surface area contributed by atoms with Crippen molar-refractivity contribution in [2.24, 2.45) is 0 Å². The molecular formula is C32H31FN6OS. The van der Waals surface area contributed by atoms with Crippen molar-refractivity contribution in [2.75, 3.05) is 23.9 Å². The Bertz CT molecular complexity index is 1800. The quantitative estimate of drug-likeness (QED) is 0.167. The van der Waals surface area contributed by atoms with E-state index in [-0.39, 0.29) is 11.9 Å². The van der Waals surface area contributed by atoms with Crippen molar-refractivity contribution in [3.05, 3.63) is 102 Å². The van der Waals surface area contributed by atoms with Crippen molar-refractivity contribution in [3.8, 4) is 11.3 Å². The lowest BCUT2D eigenvalue weighted by Gasteiger charge is -2.14. The molecule has 1 atom stereocenters. The van der Waals surface area contributed by atoms with Crippen LogP contribution in [0.25, 0.3) is 33.1 Å². The molecule has 3 aromatic carbocycles. The Morgan fingerprint density at radius 2 is 1.95 bits per heavy atom. The van der Waals surface area contributed by atoms with Gasteiger partial charge in [0.15, 0.2) is 0 Å². The fourth-order valence-electron chi connectivity index (χ4n) is 4.97. The van der Waals surface area contributed by atoms with E-state index in [0.29, 0.717) is 12.4 Å². The van der Waals surface area contributed by atoms with Crippen LogP contribution in [0.15, 0.2) is 89.7 Å². The first-order valence-corrected chi connectivity index (χ1v) is 15.0. The number of nitrogens with one attached hydrogen (secondary N) is 2. The van der Waals surface area contributed by atoms with E-state index in [9.17, 15) is 4.39 Å². The SMILES string of the molecule is CCCN[C@H](CSC)c1ccc(-c2ccc3ncnc(Nc4ccc5c(cnn5Cc5cccc(F)c5)c4)c3c2)o1. The first kappa shape index (κ1) is 27.0. The molecule has 3 heterocycles. The van der Waals surface area contributed by atoms with Crippen molar-refractivity contribution in [3.63, 3.8) is 0 Å². The predicted molar refractivity (Wildman–Crippen MR) is 165 cm³/mol. The Balaban J connectivity index is 1.26. The standard InChI is InChI=1S/C32H31FN6OS/c1-3-13-34-28(19-41-2)31-12-11-30(40-31)22-7-9-27-26(16-22)32(36-20-35-27)38-25-8-10-29-23(15-25)17-37-39(29)18-21-5-4-6-24(33)14-21/h4-12,14-17,20,28,34H,3,13,18-19H2,1-2H3,(H,35,36,38)/t28-/m1/s1. The molecule has 41 heavy (non-hydrogen) atoms. The van der Waals surface area contributed by atoms with Crippen LogP contribution in [-0.2, 0) is 6.54 Å². The molecule has 9 heteroatoms. The van der Waals surface area contributed by atoms with Crippen LogP contribution in [0.5, 0.6) is 0 Å². The summed E-state index contributed by atoms with van der Waals surface area (Å²) in [5.41, 5.74) is 4.52. The van der Waals surface area contributed by atoms with Gasteiger partial charge in [0, 0.05) is 27.8 Å². The van der Waals surface area contributed by atoms with Gasteiger partial charge in [0.05, 0.1) is 29.8 Å². The second kappa shape index (κ2) is 12.1. The summed E-state index contributed by atoms with van der Waals surface area (Å²) in [6.07, 6.45) is 6.57. The number of benzene rings is 3. The van der Waals surface area contributed by atoms with Gasteiger partial charge in [-0.2, -0.15) is 16.9 Å². The molecule has 0 aliphatic heterocycles. The zero-order valence-corrected chi connectivity index (χ0v) is 23.8. The molecule has 3 aromatic heterocycles. The maximum atomic E-state index is 13.6. The van der Waals surface area contributed by atoms with Crippen LogP contribution in [0, 0.1) is 5.82 Å². The fraction of sp³-hybridized carbons (Fsp3) is 0.219. The zero-order chi connectivity index (χ0) is 28.2. The van der Waals surface area contributed by atoms with Gasteiger partial charge < -0.3 is 15.1 Å².